The lowest BCUT2D eigenvalue weighted by Crippen LogP contribution is -2.49. The SMILES string of the molecule is Cc1ccc(C[C@@]2(C(=O)O)CCCN2)cc1.Cl. The summed E-state index contributed by atoms with van der Waals surface area (Å²) < 4.78 is 0. The molecule has 4 heteroatoms. The van der Waals surface area contributed by atoms with Crippen LogP contribution in [0.4, 0.5) is 0 Å². The first-order valence-corrected chi connectivity index (χ1v) is 5.66. The first-order chi connectivity index (χ1) is 7.62. The second-order valence-corrected chi connectivity index (χ2v) is 4.58. The third kappa shape index (κ3) is 2.99. The molecule has 1 aromatic rings. The topological polar surface area (TPSA) is 49.3 Å². The number of nitrogens with one attached hydrogen (secondary N) is 1. The molecule has 1 aliphatic heterocycles. The van der Waals surface area contributed by atoms with Crippen LogP contribution in [0.5, 0.6) is 0 Å². The molecule has 94 valence electrons. The Bertz CT molecular complexity index is 383. The molecule has 2 N–H and O–H groups in total. The van der Waals surface area contributed by atoms with Crippen LogP contribution in [0.25, 0.3) is 0 Å². The average Bonchev–Trinajstić information content (AvgIpc) is 2.71. The maximum Gasteiger partial charge on any atom is 0.324 e. The van der Waals surface area contributed by atoms with Gasteiger partial charge in [0.05, 0.1) is 0 Å². The second-order valence-electron chi connectivity index (χ2n) is 4.58. The number of carboxylic acid groups (broad SMARTS) is 1. The zero-order valence-electron chi connectivity index (χ0n) is 9.90. The molecule has 0 aliphatic carbocycles. The van der Waals surface area contributed by atoms with Gasteiger partial charge in [0.25, 0.3) is 0 Å². The Morgan fingerprint density at radius 3 is 2.53 bits per heavy atom. The predicted octanol–water partition coefficient (Wildman–Crippen LogP) is 2.17. The highest BCUT2D eigenvalue weighted by atomic mass is 35.5. The van der Waals surface area contributed by atoms with Gasteiger partial charge in [0.1, 0.15) is 5.54 Å². The zero-order chi connectivity index (χ0) is 11.6. The Kier molecular flexibility index (Phi) is 4.54. The molecule has 0 saturated carbocycles. The molecule has 1 aliphatic rings. The van der Waals surface area contributed by atoms with Gasteiger partial charge in [-0.25, -0.2) is 0 Å². The van der Waals surface area contributed by atoms with Crippen LogP contribution in [0.3, 0.4) is 0 Å². The molecular formula is C13H18ClNO2. The van der Waals surface area contributed by atoms with Crippen molar-refractivity contribution in [2.75, 3.05) is 6.54 Å². The minimum atomic E-state index is -0.741. The van der Waals surface area contributed by atoms with E-state index in [2.05, 4.69) is 5.32 Å². The lowest BCUT2D eigenvalue weighted by Gasteiger charge is -2.24. The van der Waals surface area contributed by atoms with E-state index in [0.717, 1.165) is 24.9 Å². The van der Waals surface area contributed by atoms with Crippen LogP contribution >= 0.6 is 12.4 Å². The van der Waals surface area contributed by atoms with Crippen LogP contribution in [0.2, 0.25) is 0 Å². The van der Waals surface area contributed by atoms with Crippen LogP contribution in [-0.2, 0) is 11.2 Å². The van der Waals surface area contributed by atoms with Crippen molar-refractivity contribution in [2.24, 2.45) is 0 Å². The lowest BCUT2D eigenvalue weighted by molar-refractivity contribution is -0.144. The van der Waals surface area contributed by atoms with Crippen molar-refractivity contribution >= 4 is 18.4 Å². The summed E-state index contributed by atoms with van der Waals surface area (Å²) in [5, 5.41) is 12.5. The van der Waals surface area contributed by atoms with Gasteiger partial charge in [-0.1, -0.05) is 29.8 Å². The van der Waals surface area contributed by atoms with Gasteiger partial charge in [0.15, 0.2) is 0 Å². The molecular weight excluding hydrogens is 238 g/mol. The molecule has 1 heterocycles. The predicted molar refractivity (Wildman–Crippen MR) is 69.7 cm³/mol. The smallest absolute Gasteiger partial charge is 0.324 e. The molecule has 1 atom stereocenters. The summed E-state index contributed by atoms with van der Waals surface area (Å²) in [6.45, 7) is 2.84. The zero-order valence-corrected chi connectivity index (χ0v) is 10.7. The van der Waals surface area contributed by atoms with Crippen molar-refractivity contribution < 1.29 is 9.90 Å². The fraction of sp³-hybridized carbons (Fsp3) is 0.462. The van der Waals surface area contributed by atoms with E-state index in [-0.39, 0.29) is 12.4 Å². The van der Waals surface area contributed by atoms with Gasteiger partial charge in [-0.15, -0.1) is 12.4 Å². The molecule has 0 unspecified atom stereocenters. The van der Waals surface area contributed by atoms with Gasteiger partial charge in [-0.05, 0) is 31.9 Å². The van der Waals surface area contributed by atoms with Gasteiger partial charge >= 0.3 is 5.97 Å². The summed E-state index contributed by atoms with van der Waals surface area (Å²) in [5.74, 6) is -0.731. The summed E-state index contributed by atoms with van der Waals surface area (Å²) in [4.78, 5) is 11.3. The van der Waals surface area contributed by atoms with E-state index < -0.39 is 11.5 Å². The number of aryl methyl sites for hydroxylation is 1. The lowest BCUT2D eigenvalue weighted by atomic mass is 9.89. The minimum absolute atomic E-state index is 0. The summed E-state index contributed by atoms with van der Waals surface area (Å²) >= 11 is 0. The van der Waals surface area contributed by atoms with Crippen molar-refractivity contribution in [3.63, 3.8) is 0 Å². The van der Waals surface area contributed by atoms with Crippen LogP contribution < -0.4 is 5.32 Å². The Morgan fingerprint density at radius 2 is 2.06 bits per heavy atom. The number of rotatable bonds is 3. The molecule has 3 nitrogen and oxygen atoms in total. The summed E-state index contributed by atoms with van der Waals surface area (Å²) in [7, 11) is 0. The average molecular weight is 256 g/mol. The number of hydrogen-bond donors (Lipinski definition) is 2. The molecule has 1 fully saturated rings. The van der Waals surface area contributed by atoms with E-state index >= 15 is 0 Å². The van der Waals surface area contributed by atoms with Crippen LogP contribution in [0, 0.1) is 6.92 Å². The van der Waals surface area contributed by atoms with E-state index in [1.54, 1.807) is 0 Å². The van der Waals surface area contributed by atoms with Crippen molar-refractivity contribution in [2.45, 2.75) is 31.7 Å². The van der Waals surface area contributed by atoms with Gasteiger partial charge in [-0.3, -0.25) is 4.79 Å². The summed E-state index contributed by atoms with van der Waals surface area (Å²) in [5.41, 5.74) is 1.55. The fourth-order valence-electron chi connectivity index (χ4n) is 2.27. The number of carbonyl (C=O) groups is 1. The van der Waals surface area contributed by atoms with Crippen LogP contribution in [-0.4, -0.2) is 23.2 Å². The first-order valence-electron chi connectivity index (χ1n) is 5.66. The highest BCUT2D eigenvalue weighted by molar-refractivity contribution is 5.85. The number of halogens is 1. The summed E-state index contributed by atoms with van der Waals surface area (Å²) in [6, 6.07) is 8.08. The molecule has 2 rings (SSSR count). The molecule has 0 spiro atoms. The maximum atomic E-state index is 11.3. The Morgan fingerprint density at radius 1 is 1.41 bits per heavy atom. The van der Waals surface area contributed by atoms with Crippen molar-refractivity contribution in [1.29, 1.82) is 0 Å². The Labute approximate surface area is 108 Å². The third-order valence-corrected chi connectivity index (χ3v) is 3.28. The highest BCUT2D eigenvalue weighted by Crippen LogP contribution is 2.24. The number of hydrogen-bond acceptors (Lipinski definition) is 2. The second kappa shape index (κ2) is 5.52. The van der Waals surface area contributed by atoms with E-state index in [0.29, 0.717) is 6.42 Å². The third-order valence-electron chi connectivity index (χ3n) is 3.28. The van der Waals surface area contributed by atoms with Crippen LogP contribution in [0.15, 0.2) is 24.3 Å². The first kappa shape index (κ1) is 14.0. The molecule has 0 aromatic heterocycles. The van der Waals surface area contributed by atoms with Gasteiger partial charge in [0, 0.05) is 6.42 Å². The van der Waals surface area contributed by atoms with Crippen molar-refractivity contribution in [3.8, 4) is 0 Å². The molecule has 0 bridgehead atoms. The monoisotopic (exact) mass is 255 g/mol. The summed E-state index contributed by atoms with van der Waals surface area (Å²) in [6.07, 6.45) is 2.23. The normalized spacial score (nSPS) is 23.1. The highest BCUT2D eigenvalue weighted by Gasteiger charge is 2.40. The quantitative estimate of drug-likeness (QED) is 0.870. The van der Waals surface area contributed by atoms with Gasteiger partial charge in [0.2, 0.25) is 0 Å². The fourth-order valence-corrected chi connectivity index (χ4v) is 2.27. The Balaban J connectivity index is 0.00000144. The van der Waals surface area contributed by atoms with E-state index in [1.807, 2.05) is 31.2 Å². The number of aliphatic carboxylic acids is 1. The largest absolute Gasteiger partial charge is 0.480 e. The maximum absolute atomic E-state index is 11.3. The van der Waals surface area contributed by atoms with Gasteiger partial charge < -0.3 is 10.4 Å². The van der Waals surface area contributed by atoms with Crippen LogP contribution in [0.1, 0.15) is 24.0 Å². The standard InChI is InChI=1S/C13H17NO2.ClH/c1-10-3-5-11(6-4-10)9-13(12(15)16)7-2-8-14-13;/h3-6,14H,2,7-9H2,1H3,(H,15,16);1H/t13-;/m1./s1. The minimum Gasteiger partial charge on any atom is -0.480 e. The molecule has 1 saturated heterocycles. The number of benzene rings is 1. The van der Waals surface area contributed by atoms with Gasteiger partial charge in [-0.2, -0.15) is 0 Å². The van der Waals surface area contributed by atoms with Crippen molar-refractivity contribution in [1.82, 2.24) is 5.32 Å². The molecule has 1 aromatic carbocycles. The van der Waals surface area contributed by atoms with E-state index in [1.165, 1.54) is 5.56 Å². The molecule has 0 radical (unpaired) electrons. The van der Waals surface area contributed by atoms with E-state index in [9.17, 15) is 9.90 Å². The molecule has 17 heavy (non-hydrogen) atoms. The number of carboxylic acids is 1. The van der Waals surface area contributed by atoms with E-state index in [4.69, 9.17) is 0 Å². The van der Waals surface area contributed by atoms with Crippen molar-refractivity contribution in [3.05, 3.63) is 35.4 Å². The molecule has 0 amide bonds. The Hall–Kier alpha value is -1.06.